The van der Waals surface area contributed by atoms with E-state index in [1.54, 1.807) is 48.4 Å². The summed E-state index contributed by atoms with van der Waals surface area (Å²) in [5.41, 5.74) is 1.13. The van der Waals surface area contributed by atoms with Gasteiger partial charge in [-0.25, -0.2) is 0 Å². The number of methoxy groups -OCH3 is 1. The van der Waals surface area contributed by atoms with Gasteiger partial charge >= 0.3 is 0 Å². The summed E-state index contributed by atoms with van der Waals surface area (Å²) in [6, 6.07) is 11.6. The zero-order chi connectivity index (χ0) is 29.2. The number of Topliss-reactive ketones (excluding diaryl/α,β-unsaturated/α-hetero) is 1. The zero-order valence-electron chi connectivity index (χ0n) is 24.7. The number of nitrogens with zero attached hydrogens (tertiary/aromatic N) is 2. The zero-order valence-corrected chi connectivity index (χ0v) is 24.7. The number of carbonyl (C=O) groups excluding carboxylic acids is 2. The van der Waals surface area contributed by atoms with Crippen molar-refractivity contribution < 1.29 is 28.9 Å². The number of ether oxygens (including phenoxy) is 3. The van der Waals surface area contributed by atoms with E-state index in [2.05, 4.69) is 32.6 Å². The fourth-order valence-corrected chi connectivity index (χ4v) is 4.90. The maximum atomic E-state index is 13.5. The van der Waals surface area contributed by atoms with Crippen LogP contribution in [0.2, 0.25) is 0 Å². The molecule has 1 saturated heterocycles. The van der Waals surface area contributed by atoms with Crippen LogP contribution in [0.25, 0.3) is 5.76 Å². The average molecular weight is 553 g/mol. The molecule has 0 radical (unpaired) electrons. The van der Waals surface area contributed by atoms with Gasteiger partial charge in [0.2, 0.25) is 0 Å². The first-order chi connectivity index (χ1) is 19.2. The molecule has 1 fully saturated rings. The number of amides is 1. The number of hydrogen-bond acceptors (Lipinski definition) is 7. The second-order valence-electron chi connectivity index (χ2n) is 10.3. The Labute approximate surface area is 238 Å². The lowest BCUT2D eigenvalue weighted by Gasteiger charge is -2.27. The van der Waals surface area contributed by atoms with E-state index in [1.807, 2.05) is 13.0 Å². The predicted molar refractivity (Wildman–Crippen MR) is 157 cm³/mol. The molecule has 2 aromatic carbocycles. The molecule has 0 bridgehead atoms. The van der Waals surface area contributed by atoms with Crippen LogP contribution in [0.15, 0.2) is 48.0 Å². The van der Waals surface area contributed by atoms with Gasteiger partial charge < -0.3 is 29.1 Å². The number of aliphatic hydroxyl groups excluding tert-OH is 1. The highest BCUT2D eigenvalue weighted by Gasteiger charge is 2.46. The van der Waals surface area contributed by atoms with Crippen LogP contribution >= 0.6 is 0 Å². The van der Waals surface area contributed by atoms with Crippen molar-refractivity contribution in [2.45, 2.75) is 53.5 Å². The summed E-state index contributed by atoms with van der Waals surface area (Å²) in [5.74, 6) is 0.617. The van der Waals surface area contributed by atoms with Crippen LogP contribution in [0.4, 0.5) is 0 Å². The molecule has 1 aliphatic rings. The Bertz CT molecular complexity index is 1190. The summed E-state index contributed by atoms with van der Waals surface area (Å²) in [6.07, 6.45) is 1.59. The molecule has 8 nitrogen and oxygen atoms in total. The molecule has 0 aromatic heterocycles. The van der Waals surface area contributed by atoms with Gasteiger partial charge in [-0.2, -0.15) is 0 Å². The van der Waals surface area contributed by atoms with Crippen LogP contribution in [0.1, 0.15) is 64.6 Å². The number of ketones is 1. The lowest BCUT2D eigenvalue weighted by Crippen LogP contribution is -2.33. The Kier molecular flexibility index (Phi) is 11.4. The van der Waals surface area contributed by atoms with Gasteiger partial charge in [-0.3, -0.25) is 9.59 Å². The van der Waals surface area contributed by atoms with Crippen LogP contribution in [0, 0.1) is 5.92 Å². The van der Waals surface area contributed by atoms with E-state index in [9.17, 15) is 14.7 Å². The first kappa shape index (κ1) is 31.0. The third-order valence-corrected chi connectivity index (χ3v) is 7.18. The fraction of sp³-hybridized carbons (Fsp3) is 0.500. The quantitative estimate of drug-likeness (QED) is 0.173. The van der Waals surface area contributed by atoms with E-state index >= 15 is 0 Å². The molecule has 0 saturated carbocycles. The highest BCUT2D eigenvalue weighted by atomic mass is 16.5. The molecule has 40 heavy (non-hydrogen) atoms. The minimum atomic E-state index is -0.772. The molecular weight excluding hydrogens is 508 g/mol. The SMILES string of the molecule is CCOc1cccc(C(O)=C2C(=O)C(=O)N(CCCN(CC)CC)C2c2ccc(OCCC(C)C)c(OC)c2)c1. The van der Waals surface area contributed by atoms with Crippen LogP contribution < -0.4 is 14.2 Å². The molecule has 1 amide bonds. The van der Waals surface area contributed by atoms with Crippen molar-refractivity contribution in [2.24, 2.45) is 5.92 Å². The average Bonchev–Trinajstić information content (AvgIpc) is 3.20. The highest BCUT2D eigenvalue weighted by molar-refractivity contribution is 6.46. The highest BCUT2D eigenvalue weighted by Crippen LogP contribution is 2.42. The molecule has 1 N–H and O–H groups in total. The van der Waals surface area contributed by atoms with Gasteiger partial charge in [-0.15, -0.1) is 0 Å². The molecular formula is C32H44N2O6. The first-order valence-corrected chi connectivity index (χ1v) is 14.3. The lowest BCUT2D eigenvalue weighted by molar-refractivity contribution is -0.140. The van der Waals surface area contributed by atoms with Crippen molar-refractivity contribution in [1.29, 1.82) is 0 Å². The normalized spacial score (nSPS) is 16.7. The van der Waals surface area contributed by atoms with Gasteiger partial charge in [0.15, 0.2) is 11.5 Å². The molecule has 0 spiro atoms. The van der Waals surface area contributed by atoms with E-state index in [0.717, 1.165) is 26.1 Å². The third kappa shape index (κ3) is 7.36. The van der Waals surface area contributed by atoms with E-state index in [1.165, 1.54) is 0 Å². The van der Waals surface area contributed by atoms with E-state index < -0.39 is 17.7 Å². The van der Waals surface area contributed by atoms with Crippen molar-refractivity contribution in [2.75, 3.05) is 46.5 Å². The van der Waals surface area contributed by atoms with Crippen LogP contribution in [-0.4, -0.2) is 73.1 Å². The Morgan fingerprint density at radius 3 is 2.42 bits per heavy atom. The van der Waals surface area contributed by atoms with Crippen molar-refractivity contribution in [3.63, 3.8) is 0 Å². The number of likely N-dealkylation sites (tertiary alicyclic amines) is 1. The second-order valence-corrected chi connectivity index (χ2v) is 10.3. The molecule has 218 valence electrons. The minimum absolute atomic E-state index is 0.0528. The van der Waals surface area contributed by atoms with E-state index in [4.69, 9.17) is 14.2 Å². The summed E-state index contributed by atoms with van der Waals surface area (Å²) in [6.45, 7) is 14.3. The van der Waals surface area contributed by atoms with Gasteiger partial charge in [-0.05, 0) is 75.1 Å². The molecule has 0 aliphatic carbocycles. The molecule has 1 aliphatic heterocycles. The topological polar surface area (TPSA) is 88.5 Å². The van der Waals surface area contributed by atoms with Gasteiger partial charge in [0.25, 0.3) is 11.7 Å². The maximum Gasteiger partial charge on any atom is 0.295 e. The molecule has 1 heterocycles. The van der Waals surface area contributed by atoms with Crippen LogP contribution in [0.3, 0.4) is 0 Å². The summed E-state index contributed by atoms with van der Waals surface area (Å²) < 4.78 is 17.2. The Balaban J connectivity index is 2.06. The van der Waals surface area contributed by atoms with Gasteiger partial charge in [-0.1, -0.05) is 45.9 Å². The minimum Gasteiger partial charge on any atom is -0.507 e. The van der Waals surface area contributed by atoms with Crippen molar-refractivity contribution in [3.05, 3.63) is 59.2 Å². The summed E-state index contributed by atoms with van der Waals surface area (Å²) in [5, 5.41) is 11.4. The Morgan fingerprint density at radius 1 is 1.02 bits per heavy atom. The summed E-state index contributed by atoms with van der Waals surface area (Å²) >= 11 is 0. The predicted octanol–water partition coefficient (Wildman–Crippen LogP) is 5.67. The molecule has 8 heteroatoms. The van der Waals surface area contributed by atoms with Crippen molar-refractivity contribution in [1.82, 2.24) is 9.80 Å². The molecule has 1 atom stereocenters. The molecule has 2 aromatic rings. The van der Waals surface area contributed by atoms with Gasteiger partial charge in [0.1, 0.15) is 11.5 Å². The smallest absolute Gasteiger partial charge is 0.295 e. The number of hydrogen-bond donors (Lipinski definition) is 1. The molecule has 3 rings (SSSR count). The fourth-order valence-electron chi connectivity index (χ4n) is 4.90. The Hall–Kier alpha value is -3.52. The van der Waals surface area contributed by atoms with Gasteiger partial charge in [0.05, 0.1) is 31.9 Å². The molecule has 1 unspecified atom stereocenters. The number of aliphatic hydroxyl groups is 1. The maximum absolute atomic E-state index is 13.5. The number of benzene rings is 2. The van der Waals surface area contributed by atoms with E-state index in [0.29, 0.717) is 60.5 Å². The largest absolute Gasteiger partial charge is 0.507 e. The summed E-state index contributed by atoms with van der Waals surface area (Å²) in [7, 11) is 1.56. The van der Waals surface area contributed by atoms with Gasteiger partial charge in [0, 0.05) is 12.1 Å². The van der Waals surface area contributed by atoms with Crippen LogP contribution in [-0.2, 0) is 9.59 Å². The second kappa shape index (κ2) is 14.7. The standard InChI is InChI=1S/C32H44N2O6/c1-7-33(8-2)17-11-18-34-29(23-14-15-26(27(21-23)38-6)40-19-16-22(4)5)28(31(36)32(34)37)30(35)24-12-10-13-25(20-24)39-9-3/h10,12-15,20-22,29,35H,7-9,11,16-19H2,1-6H3. The number of carbonyl (C=O) groups is 2. The lowest BCUT2D eigenvalue weighted by atomic mass is 9.95. The Morgan fingerprint density at radius 2 is 1.77 bits per heavy atom. The van der Waals surface area contributed by atoms with E-state index in [-0.39, 0.29) is 11.3 Å². The first-order valence-electron chi connectivity index (χ1n) is 14.3. The van der Waals surface area contributed by atoms with Crippen LogP contribution in [0.5, 0.6) is 17.2 Å². The number of rotatable bonds is 15. The monoisotopic (exact) mass is 552 g/mol. The third-order valence-electron chi connectivity index (χ3n) is 7.18. The summed E-state index contributed by atoms with van der Waals surface area (Å²) in [4.78, 5) is 30.7. The van der Waals surface area contributed by atoms with Crippen molar-refractivity contribution >= 4 is 17.4 Å². The van der Waals surface area contributed by atoms with Crippen molar-refractivity contribution in [3.8, 4) is 17.2 Å².